The summed E-state index contributed by atoms with van der Waals surface area (Å²) < 4.78 is 12.6. The number of carbonyl (C=O) groups excluding carboxylic acids is 2. The number of hydrogen-bond donors (Lipinski definition) is 0. The van der Waals surface area contributed by atoms with Gasteiger partial charge in [-0.25, -0.2) is 0 Å². The van der Waals surface area contributed by atoms with E-state index in [4.69, 9.17) is 21.1 Å². The van der Waals surface area contributed by atoms with E-state index in [9.17, 15) is 9.59 Å². The number of benzene rings is 2. The van der Waals surface area contributed by atoms with Gasteiger partial charge in [-0.1, -0.05) is 65.0 Å². The molecule has 0 radical (unpaired) electrons. The third-order valence-corrected chi connectivity index (χ3v) is 7.99. The van der Waals surface area contributed by atoms with Gasteiger partial charge in [0.1, 0.15) is 6.61 Å². The molecule has 2 aromatic carbocycles. The van der Waals surface area contributed by atoms with Gasteiger partial charge in [0.25, 0.3) is 11.1 Å². The van der Waals surface area contributed by atoms with Gasteiger partial charge in [0.15, 0.2) is 11.5 Å². The monoisotopic (exact) mass is 563 g/mol. The van der Waals surface area contributed by atoms with Crippen molar-refractivity contribution < 1.29 is 19.1 Å². The molecule has 2 aliphatic rings. The van der Waals surface area contributed by atoms with Crippen LogP contribution >= 0.6 is 39.3 Å². The smallest absolute Gasteiger partial charge is 0.293 e. The number of amides is 2. The van der Waals surface area contributed by atoms with Crippen molar-refractivity contribution in [3.8, 4) is 11.5 Å². The van der Waals surface area contributed by atoms with Crippen molar-refractivity contribution in [2.45, 2.75) is 45.6 Å². The fraction of sp³-hybridized carbons (Fsp3) is 0.385. The zero-order valence-electron chi connectivity index (χ0n) is 19.0. The Morgan fingerprint density at radius 2 is 1.85 bits per heavy atom. The minimum atomic E-state index is -0.218. The predicted molar refractivity (Wildman–Crippen MR) is 140 cm³/mol. The highest BCUT2D eigenvalue weighted by molar-refractivity contribution is 9.10. The van der Waals surface area contributed by atoms with E-state index in [2.05, 4.69) is 15.9 Å². The average Bonchev–Trinajstić information content (AvgIpc) is 3.09. The number of ether oxygens (including phenoxy) is 2. The van der Waals surface area contributed by atoms with Crippen molar-refractivity contribution >= 4 is 56.5 Å². The van der Waals surface area contributed by atoms with Gasteiger partial charge >= 0.3 is 0 Å². The first-order valence-corrected chi connectivity index (χ1v) is 13.5. The third kappa shape index (κ3) is 5.99. The molecule has 0 atom stereocenters. The molecule has 1 aliphatic carbocycles. The van der Waals surface area contributed by atoms with Gasteiger partial charge in [0.2, 0.25) is 0 Å². The summed E-state index contributed by atoms with van der Waals surface area (Å²) in [5.74, 6) is 1.32. The van der Waals surface area contributed by atoms with Crippen LogP contribution in [0.1, 0.15) is 50.2 Å². The van der Waals surface area contributed by atoms with Gasteiger partial charge in [-0.3, -0.25) is 14.5 Å². The van der Waals surface area contributed by atoms with E-state index in [1.54, 1.807) is 6.08 Å². The lowest BCUT2D eigenvalue weighted by atomic mass is 9.89. The topological polar surface area (TPSA) is 55.8 Å². The van der Waals surface area contributed by atoms with E-state index in [0.717, 1.165) is 40.2 Å². The molecule has 4 rings (SSSR count). The van der Waals surface area contributed by atoms with Crippen LogP contribution in [0.15, 0.2) is 45.8 Å². The van der Waals surface area contributed by atoms with Crippen molar-refractivity contribution in [3.05, 3.63) is 61.9 Å². The van der Waals surface area contributed by atoms with Gasteiger partial charge in [-0.2, -0.15) is 0 Å². The second kappa shape index (κ2) is 11.6. The average molecular weight is 565 g/mol. The van der Waals surface area contributed by atoms with Crippen LogP contribution in [0.5, 0.6) is 11.5 Å². The molecule has 5 nitrogen and oxygen atoms in total. The molecule has 8 heteroatoms. The first kappa shape index (κ1) is 25.1. The molecule has 0 N–H and O–H groups in total. The Bertz CT molecular complexity index is 1100. The number of imide groups is 1. The Balaban J connectivity index is 1.53. The highest BCUT2D eigenvalue weighted by atomic mass is 79.9. The van der Waals surface area contributed by atoms with Gasteiger partial charge in [-0.05, 0) is 67.3 Å². The van der Waals surface area contributed by atoms with E-state index in [-0.39, 0.29) is 11.1 Å². The molecule has 2 amide bonds. The second-order valence-electron chi connectivity index (χ2n) is 8.43. The van der Waals surface area contributed by atoms with Crippen LogP contribution in [0.3, 0.4) is 0 Å². The minimum absolute atomic E-state index is 0.192. The lowest BCUT2D eigenvalue weighted by molar-refractivity contribution is -0.123. The Labute approximate surface area is 218 Å². The number of hydrogen-bond acceptors (Lipinski definition) is 5. The molecule has 0 unspecified atom stereocenters. The maximum absolute atomic E-state index is 13.0. The summed E-state index contributed by atoms with van der Waals surface area (Å²) in [6.45, 7) is 3.17. The first-order chi connectivity index (χ1) is 16.5. The van der Waals surface area contributed by atoms with Gasteiger partial charge in [-0.15, -0.1) is 0 Å². The van der Waals surface area contributed by atoms with Crippen molar-refractivity contribution in [3.63, 3.8) is 0 Å². The van der Waals surface area contributed by atoms with E-state index in [0.29, 0.717) is 47.1 Å². The second-order valence-corrected chi connectivity index (χ2v) is 10.7. The molecular formula is C26H27BrClNO4S. The van der Waals surface area contributed by atoms with Crippen LogP contribution in [0.4, 0.5) is 4.79 Å². The Morgan fingerprint density at radius 1 is 1.12 bits per heavy atom. The maximum atomic E-state index is 13.0. The predicted octanol–water partition coefficient (Wildman–Crippen LogP) is 7.70. The van der Waals surface area contributed by atoms with Crippen LogP contribution in [-0.2, 0) is 11.4 Å². The molecule has 1 heterocycles. The van der Waals surface area contributed by atoms with E-state index in [1.807, 2.05) is 43.3 Å². The van der Waals surface area contributed by atoms with Crippen molar-refractivity contribution in [2.24, 2.45) is 5.92 Å². The number of thioether (sulfide) groups is 1. The van der Waals surface area contributed by atoms with Crippen LogP contribution in [0, 0.1) is 5.92 Å². The van der Waals surface area contributed by atoms with Gasteiger partial charge in [0.05, 0.1) is 11.5 Å². The van der Waals surface area contributed by atoms with Gasteiger partial charge < -0.3 is 9.47 Å². The molecule has 0 bridgehead atoms. The highest BCUT2D eigenvalue weighted by Crippen LogP contribution is 2.39. The highest BCUT2D eigenvalue weighted by Gasteiger charge is 2.36. The van der Waals surface area contributed by atoms with E-state index >= 15 is 0 Å². The molecule has 2 fully saturated rings. The summed E-state index contributed by atoms with van der Waals surface area (Å²) in [6.07, 6.45) is 7.51. The van der Waals surface area contributed by atoms with Crippen molar-refractivity contribution in [1.82, 2.24) is 4.90 Å². The van der Waals surface area contributed by atoms with Crippen LogP contribution in [0.2, 0.25) is 5.02 Å². The fourth-order valence-electron chi connectivity index (χ4n) is 4.24. The van der Waals surface area contributed by atoms with Crippen LogP contribution in [-0.4, -0.2) is 29.2 Å². The standard InChI is InChI=1S/C26H27BrClNO4S/c1-2-32-22-12-19(20(27)14-23(22)33-16-18-10-6-7-11-21(18)28)13-24-25(30)29(26(31)34-24)15-17-8-4-3-5-9-17/h6-7,10-14,17H,2-5,8-9,15-16H2,1H3/b24-13+. The minimum Gasteiger partial charge on any atom is -0.490 e. The molecule has 2 aromatic rings. The molecule has 1 saturated carbocycles. The quantitative estimate of drug-likeness (QED) is 0.308. The summed E-state index contributed by atoms with van der Waals surface area (Å²) >= 11 is 10.8. The molecule has 0 aromatic heterocycles. The summed E-state index contributed by atoms with van der Waals surface area (Å²) in [5, 5.41) is 0.447. The number of rotatable bonds is 8. The molecular weight excluding hydrogens is 538 g/mol. The van der Waals surface area contributed by atoms with Crippen molar-refractivity contribution in [2.75, 3.05) is 13.2 Å². The third-order valence-electron chi connectivity index (χ3n) is 6.03. The zero-order chi connectivity index (χ0) is 24.1. The van der Waals surface area contributed by atoms with E-state index < -0.39 is 0 Å². The summed E-state index contributed by atoms with van der Waals surface area (Å²) in [7, 11) is 0. The number of nitrogens with zero attached hydrogens (tertiary/aromatic N) is 1. The normalized spacial score (nSPS) is 18.1. The molecule has 34 heavy (non-hydrogen) atoms. The van der Waals surface area contributed by atoms with Crippen LogP contribution in [0.25, 0.3) is 6.08 Å². The Kier molecular flexibility index (Phi) is 8.61. The van der Waals surface area contributed by atoms with Gasteiger partial charge in [0, 0.05) is 21.6 Å². The zero-order valence-corrected chi connectivity index (χ0v) is 22.2. The molecule has 1 aliphatic heterocycles. The first-order valence-electron chi connectivity index (χ1n) is 11.5. The maximum Gasteiger partial charge on any atom is 0.293 e. The molecule has 0 spiro atoms. The SMILES string of the molecule is CCOc1cc(/C=C2/SC(=O)N(CC3CCCCC3)C2=O)c(Br)cc1OCc1ccccc1Cl. The number of halogens is 2. The Morgan fingerprint density at radius 3 is 2.59 bits per heavy atom. The molecule has 180 valence electrons. The lowest BCUT2D eigenvalue weighted by Crippen LogP contribution is -2.34. The lowest BCUT2D eigenvalue weighted by Gasteiger charge is -2.25. The Hall–Kier alpha value is -1.96. The largest absolute Gasteiger partial charge is 0.490 e. The van der Waals surface area contributed by atoms with E-state index in [1.165, 1.54) is 24.2 Å². The van der Waals surface area contributed by atoms with Crippen LogP contribution < -0.4 is 9.47 Å². The summed E-state index contributed by atoms with van der Waals surface area (Å²) in [4.78, 5) is 27.4. The molecule has 1 saturated heterocycles. The summed E-state index contributed by atoms with van der Waals surface area (Å²) in [6, 6.07) is 11.2. The van der Waals surface area contributed by atoms with Crippen molar-refractivity contribution in [1.29, 1.82) is 0 Å². The summed E-state index contributed by atoms with van der Waals surface area (Å²) in [5.41, 5.74) is 1.62. The fourth-order valence-corrected chi connectivity index (χ4v) is 5.71. The number of carbonyl (C=O) groups is 2.